The molecule has 30 heavy (non-hydrogen) atoms. The maximum atomic E-state index is 13.8. The number of morpholine rings is 1. The van der Waals surface area contributed by atoms with Gasteiger partial charge in [0.25, 0.3) is 0 Å². The molecule has 7 nitrogen and oxygen atoms in total. The third kappa shape index (κ3) is 3.61. The Labute approximate surface area is 176 Å². The molecule has 4 fully saturated rings. The van der Waals surface area contributed by atoms with Crippen LogP contribution in [0.4, 0.5) is 4.39 Å². The number of nitrogens with zero attached hydrogens (tertiary/aromatic N) is 3. The van der Waals surface area contributed by atoms with Gasteiger partial charge in [-0.2, -0.15) is 0 Å². The molecule has 1 N–H and O–H groups in total. The van der Waals surface area contributed by atoms with Crippen LogP contribution in [0, 0.1) is 11.7 Å². The van der Waals surface area contributed by atoms with E-state index in [-0.39, 0.29) is 41.7 Å². The summed E-state index contributed by atoms with van der Waals surface area (Å²) in [6, 6.07) is 6.45. The van der Waals surface area contributed by atoms with Gasteiger partial charge in [0.2, 0.25) is 11.8 Å². The lowest BCUT2D eigenvalue weighted by molar-refractivity contribution is -0.159. The quantitative estimate of drug-likeness (QED) is 0.801. The number of carbonyl (C=O) groups is 2. The summed E-state index contributed by atoms with van der Waals surface area (Å²) >= 11 is 0. The Morgan fingerprint density at radius 1 is 1.17 bits per heavy atom. The first kappa shape index (κ1) is 19.9. The van der Waals surface area contributed by atoms with E-state index in [1.165, 1.54) is 12.1 Å². The minimum atomic E-state index is -0.290. The zero-order chi connectivity index (χ0) is 20.7. The molecule has 3 saturated heterocycles. The third-order valence-corrected chi connectivity index (χ3v) is 7.07. The molecular weight excluding hydrogens is 387 g/mol. The summed E-state index contributed by atoms with van der Waals surface area (Å²) in [4.78, 5) is 30.3. The van der Waals surface area contributed by atoms with Crippen LogP contribution in [0.5, 0.6) is 0 Å². The second-order valence-corrected chi connectivity index (χ2v) is 8.80. The summed E-state index contributed by atoms with van der Waals surface area (Å²) in [5.41, 5.74) is 4.20. The predicted molar refractivity (Wildman–Crippen MR) is 108 cm³/mol. The van der Waals surface area contributed by atoms with E-state index in [0.717, 1.165) is 31.4 Å². The first-order chi connectivity index (χ1) is 14.6. The lowest BCUT2D eigenvalue weighted by atomic mass is 9.78. The highest BCUT2D eigenvalue weighted by Crippen LogP contribution is 2.38. The van der Waals surface area contributed by atoms with Crippen molar-refractivity contribution in [3.63, 3.8) is 0 Å². The minimum Gasteiger partial charge on any atom is -0.378 e. The lowest BCUT2D eigenvalue weighted by Crippen LogP contribution is -2.68. The van der Waals surface area contributed by atoms with Crippen molar-refractivity contribution < 1.29 is 18.7 Å². The first-order valence-electron chi connectivity index (χ1n) is 11.0. The maximum absolute atomic E-state index is 13.8. The number of ether oxygens (including phenoxy) is 1. The smallest absolute Gasteiger partial charge is 0.242 e. The number of hydrogen-bond acceptors (Lipinski definition) is 5. The Morgan fingerprint density at radius 2 is 2.00 bits per heavy atom. The van der Waals surface area contributed by atoms with E-state index >= 15 is 0 Å². The van der Waals surface area contributed by atoms with Crippen LogP contribution >= 0.6 is 0 Å². The van der Waals surface area contributed by atoms with Gasteiger partial charge in [0.15, 0.2) is 0 Å². The highest BCUT2D eigenvalue weighted by molar-refractivity contribution is 5.84. The summed E-state index contributed by atoms with van der Waals surface area (Å²) in [5, 5.41) is 2.14. The standard InChI is InChI=1S/C22H29FN4O3/c23-17-3-1-2-15(12-17)14-26-20-13-16(21(28)25-8-10-30-11-9-25)4-5-18(20)27-19(22(26)29)6-7-24-27/h1-3,12,16,18-20,24H,4-11,13-14H2. The summed E-state index contributed by atoms with van der Waals surface area (Å²) in [6.45, 7) is 3.66. The van der Waals surface area contributed by atoms with Gasteiger partial charge in [0.05, 0.1) is 13.2 Å². The molecule has 8 heteroatoms. The predicted octanol–water partition coefficient (Wildman–Crippen LogP) is 1.14. The maximum Gasteiger partial charge on any atom is 0.242 e. The Kier molecular flexibility index (Phi) is 5.47. The van der Waals surface area contributed by atoms with Crippen LogP contribution < -0.4 is 5.43 Å². The summed E-state index contributed by atoms with van der Waals surface area (Å²) in [6.07, 6.45) is 3.16. The van der Waals surface area contributed by atoms with Gasteiger partial charge in [-0.25, -0.2) is 9.40 Å². The van der Waals surface area contributed by atoms with Crippen molar-refractivity contribution in [2.45, 2.75) is 50.4 Å². The van der Waals surface area contributed by atoms with Gasteiger partial charge in [-0.15, -0.1) is 0 Å². The number of amides is 2. The van der Waals surface area contributed by atoms with Gasteiger partial charge in [-0.05, 0) is 43.4 Å². The topological polar surface area (TPSA) is 65.1 Å². The number of hydrazine groups is 1. The van der Waals surface area contributed by atoms with Crippen LogP contribution in [-0.2, 0) is 20.9 Å². The summed E-state index contributed by atoms with van der Waals surface area (Å²) in [7, 11) is 0. The highest BCUT2D eigenvalue weighted by Gasteiger charge is 2.51. The average Bonchev–Trinajstić information content (AvgIpc) is 3.27. The average molecular weight is 416 g/mol. The van der Waals surface area contributed by atoms with Gasteiger partial charge in [0.1, 0.15) is 11.9 Å². The fourth-order valence-corrected chi connectivity index (χ4v) is 5.61. The van der Waals surface area contributed by atoms with Crippen LogP contribution in [0.2, 0.25) is 0 Å². The lowest BCUT2D eigenvalue weighted by Gasteiger charge is -2.52. The Hall–Kier alpha value is -2.03. The van der Waals surface area contributed by atoms with Gasteiger partial charge in [0, 0.05) is 44.2 Å². The molecule has 0 aromatic heterocycles. The van der Waals surface area contributed by atoms with E-state index in [2.05, 4.69) is 10.4 Å². The molecule has 3 heterocycles. The molecule has 1 saturated carbocycles. The fourth-order valence-electron chi connectivity index (χ4n) is 5.61. The van der Waals surface area contributed by atoms with Gasteiger partial charge in [-0.3, -0.25) is 15.0 Å². The molecule has 3 aliphatic heterocycles. The third-order valence-electron chi connectivity index (χ3n) is 7.07. The van der Waals surface area contributed by atoms with E-state index in [4.69, 9.17) is 4.74 Å². The molecule has 1 aromatic rings. The van der Waals surface area contributed by atoms with E-state index in [1.54, 1.807) is 6.07 Å². The van der Waals surface area contributed by atoms with Crippen LogP contribution in [0.15, 0.2) is 24.3 Å². The van der Waals surface area contributed by atoms with Crippen molar-refractivity contribution in [1.29, 1.82) is 0 Å². The molecular formula is C22H29FN4O3. The number of benzene rings is 1. The number of fused-ring (bicyclic) bond motifs is 3. The number of hydrogen-bond donors (Lipinski definition) is 1. The molecule has 1 aromatic carbocycles. The number of nitrogens with one attached hydrogen (secondary N) is 1. The largest absolute Gasteiger partial charge is 0.378 e. The highest BCUT2D eigenvalue weighted by atomic mass is 19.1. The minimum absolute atomic E-state index is 0.0497. The zero-order valence-corrected chi connectivity index (χ0v) is 17.1. The van der Waals surface area contributed by atoms with Crippen molar-refractivity contribution in [2.24, 2.45) is 5.92 Å². The van der Waals surface area contributed by atoms with Crippen molar-refractivity contribution in [1.82, 2.24) is 20.2 Å². The molecule has 2 amide bonds. The van der Waals surface area contributed by atoms with Crippen LogP contribution in [0.1, 0.15) is 31.2 Å². The molecule has 4 aliphatic rings. The molecule has 0 bridgehead atoms. The number of carbonyl (C=O) groups excluding carboxylic acids is 2. The van der Waals surface area contributed by atoms with E-state index in [9.17, 15) is 14.0 Å². The van der Waals surface area contributed by atoms with Crippen molar-refractivity contribution in [3.8, 4) is 0 Å². The monoisotopic (exact) mass is 416 g/mol. The molecule has 1 aliphatic carbocycles. The van der Waals surface area contributed by atoms with Gasteiger partial charge < -0.3 is 14.5 Å². The fraction of sp³-hybridized carbons (Fsp3) is 0.636. The number of halogens is 1. The second kappa shape index (κ2) is 8.24. The van der Waals surface area contributed by atoms with Crippen LogP contribution in [-0.4, -0.2) is 77.6 Å². The summed E-state index contributed by atoms with van der Waals surface area (Å²) < 4.78 is 19.1. The SMILES string of the molecule is O=C(C1CCC2C(C1)N(Cc1cccc(F)c1)C(=O)C1CCNN12)N1CCOCC1. The van der Waals surface area contributed by atoms with Gasteiger partial charge >= 0.3 is 0 Å². The first-order valence-corrected chi connectivity index (χ1v) is 11.0. The molecule has 4 atom stereocenters. The van der Waals surface area contributed by atoms with Crippen molar-refractivity contribution in [3.05, 3.63) is 35.6 Å². The zero-order valence-electron chi connectivity index (χ0n) is 17.1. The Bertz CT molecular complexity index is 815. The number of piperazine rings is 1. The van der Waals surface area contributed by atoms with Crippen molar-refractivity contribution in [2.75, 3.05) is 32.8 Å². The molecule has 0 spiro atoms. The molecule has 4 unspecified atom stereocenters. The Morgan fingerprint density at radius 3 is 2.80 bits per heavy atom. The van der Waals surface area contributed by atoms with E-state index in [1.807, 2.05) is 15.9 Å². The Balaban J connectivity index is 1.38. The second-order valence-electron chi connectivity index (χ2n) is 8.80. The van der Waals surface area contributed by atoms with Crippen LogP contribution in [0.25, 0.3) is 0 Å². The molecule has 0 radical (unpaired) electrons. The van der Waals surface area contributed by atoms with E-state index < -0.39 is 0 Å². The summed E-state index contributed by atoms with van der Waals surface area (Å²) in [5.74, 6) is -0.0932. The number of rotatable bonds is 3. The van der Waals surface area contributed by atoms with Gasteiger partial charge in [-0.1, -0.05) is 12.1 Å². The molecule has 162 valence electrons. The molecule has 5 rings (SSSR count). The van der Waals surface area contributed by atoms with Crippen molar-refractivity contribution >= 4 is 11.8 Å². The van der Waals surface area contributed by atoms with E-state index in [0.29, 0.717) is 39.3 Å². The normalized spacial score (nSPS) is 32.1. The van der Waals surface area contributed by atoms with Crippen LogP contribution in [0.3, 0.4) is 0 Å².